The molecule has 0 aliphatic heterocycles. The predicted molar refractivity (Wildman–Crippen MR) is 43.0 cm³/mol. The topological polar surface area (TPSA) is 75.6 Å². The molecule has 1 N–H and O–H groups in total. The zero-order valence-corrected chi connectivity index (χ0v) is 9.41. The summed E-state index contributed by atoms with van der Waals surface area (Å²) in [6.07, 6.45) is 3.31. The van der Waals surface area contributed by atoms with Gasteiger partial charge >= 0.3 is 37.7 Å². The summed E-state index contributed by atoms with van der Waals surface area (Å²) in [6, 6.07) is 0. The van der Waals surface area contributed by atoms with Crippen molar-refractivity contribution in [1.29, 1.82) is 0 Å². The smallest absolute Gasteiger partial charge is 0.871 e. The van der Waals surface area contributed by atoms with E-state index in [1.807, 2.05) is 0 Å². The molecular weight excluding hydrogens is 187 g/mol. The van der Waals surface area contributed by atoms with E-state index in [1.165, 1.54) is 0 Å². The molecule has 0 saturated heterocycles. The molecule has 0 aromatic heterocycles. The Bertz CT molecular complexity index is 83.9. The molecule has 0 atom stereocenters. The predicted octanol–water partition coefficient (Wildman–Crippen LogP) is -2.12. The summed E-state index contributed by atoms with van der Waals surface area (Å²) in [7, 11) is -2.15. The van der Waals surface area contributed by atoms with Crippen LogP contribution in [0.25, 0.3) is 0 Å². The Hall–Kier alpha value is 1.16. The van der Waals surface area contributed by atoms with Crippen LogP contribution in [0.15, 0.2) is 0 Å². The van der Waals surface area contributed by atoms with E-state index in [1.54, 1.807) is 0 Å². The molecule has 0 bridgehead atoms. The molecule has 0 rings (SSSR count). The molecule has 0 aromatic carbocycles. The Morgan fingerprint density at radius 3 is 2.17 bits per heavy atom. The molecule has 66 valence electrons. The van der Waals surface area contributed by atoms with E-state index in [-0.39, 0.29) is 51.0 Å². The van der Waals surface area contributed by atoms with E-state index < -0.39 is 7.32 Å². The summed E-state index contributed by atoms with van der Waals surface area (Å²) in [4.78, 5) is 0. The maximum Gasteiger partial charge on any atom is 2.00 e. The first-order valence-electron chi connectivity index (χ1n) is 3.81. The van der Waals surface area contributed by atoms with Crippen LogP contribution in [-0.2, 0) is 4.65 Å². The third-order valence-corrected chi connectivity index (χ3v) is 1.31. The summed E-state index contributed by atoms with van der Waals surface area (Å²) in [6.45, 7) is 0.440. The molecule has 0 fully saturated rings. The fourth-order valence-electron chi connectivity index (χ4n) is 0.747. The first-order valence-corrected chi connectivity index (χ1v) is 3.81. The van der Waals surface area contributed by atoms with Crippen molar-refractivity contribution in [3.05, 3.63) is 0 Å². The zero-order valence-electron chi connectivity index (χ0n) is 7.20. The molecule has 12 heavy (non-hydrogen) atoms. The van der Waals surface area contributed by atoms with Crippen LogP contribution in [0.3, 0.4) is 0 Å². The molecule has 0 heterocycles. The van der Waals surface area contributed by atoms with Crippen molar-refractivity contribution in [3.63, 3.8) is 0 Å². The maximum absolute atomic E-state index is 9.80. The molecular formula is C6H13BCaO4. The van der Waals surface area contributed by atoms with Gasteiger partial charge in [-0.2, -0.15) is 0 Å². The van der Waals surface area contributed by atoms with Crippen LogP contribution in [0.2, 0.25) is 0 Å². The van der Waals surface area contributed by atoms with Gasteiger partial charge in [0.15, 0.2) is 0 Å². The van der Waals surface area contributed by atoms with Gasteiger partial charge in [0.1, 0.15) is 0 Å². The fourth-order valence-corrected chi connectivity index (χ4v) is 0.747. The van der Waals surface area contributed by atoms with Crippen LogP contribution in [0.1, 0.15) is 25.7 Å². The number of hydrogen-bond acceptors (Lipinski definition) is 4. The molecule has 0 unspecified atom stereocenters. The standard InChI is InChI=1S/C6H13BO4.Ca/c8-5-3-1-2-4-6-11-7(9)10;/h8H,1-6H2;/q-2;+2. The second-order valence-corrected chi connectivity index (χ2v) is 2.30. The van der Waals surface area contributed by atoms with E-state index in [4.69, 9.17) is 5.11 Å². The van der Waals surface area contributed by atoms with Crippen molar-refractivity contribution in [2.24, 2.45) is 0 Å². The van der Waals surface area contributed by atoms with Crippen molar-refractivity contribution in [3.8, 4) is 0 Å². The quantitative estimate of drug-likeness (QED) is 0.376. The van der Waals surface area contributed by atoms with Gasteiger partial charge in [0, 0.05) is 13.2 Å². The normalized spacial score (nSPS) is 9.25. The van der Waals surface area contributed by atoms with Gasteiger partial charge in [-0.3, -0.25) is 0 Å². The first-order chi connectivity index (χ1) is 5.27. The van der Waals surface area contributed by atoms with E-state index >= 15 is 0 Å². The monoisotopic (exact) mass is 200 g/mol. The van der Waals surface area contributed by atoms with Gasteiger partial charge < -0.3 is 19.8 Å². The number of rotatable bonds is 7. The third kappa shape index (κ3) is 13.7. The maximum atomic E-state index is 9.80. The van der Waals surface area contributed by atoms with Gasteiger partial charge in [0.05, 0.1) is 7.32 Å². The molecule has 4 nitrogen and oxygen atoms in total. The van der Waals surface area contributed by atoms with Crippen molar-refractivity contribution in [1.82, 2.24) is 0 Å². The van der Waals surface area contributed by atoms with Crippen LogP contribution in [-0.4, -0.2) is 63.4 Å². The number of aliphatic hydroxyl groups excluding tert-OH is 1. The van der Waals surface area contributed by atoms with E-state index in [0.717, 1.165) is 25.7 Å². The largest absolute Gasteiger partial charge is 2.00 e. The minimum Gasteiger partial charge on any atom is -0.871 e. The van der Waals surface area contributed by atoms with Gasteiger partial charge in [0.2, 0.25) is 0 Å². The molecule has 0 aliphatic rings. The van der Waals surface area contributed by atoms with Crippen LogP contribution in [0, 0.1) is 0 Å². The Morgan fingerprint density at radius 1 is 1.08 bits per heavy atom. The second kappa shape index (κ2) is 12.2. The van der Waals surface area contributed by atoms with E-state index in [0.29, 0.717) is 0 Å². The van der Waals surface area contributed by atoms with Crippen molar-refractivity contribution in [2.75, 3.05) is 13.2 Å². The van der Waals surface area contributed by atoms with Crippen LogP contribution in [0.4, 0.5) is 0 Å². The summed E-state index contributed by atoms with van der Waals surface area (Å²) >= 11 is 0. The number of hydrogen-bond donors (Lipinski definition) is 1. The molecule has 0 saturated carbocycles. The number of aliphatic hydroxyl groups is 1. The summed E-state index contributed by atoms with van der Waals surface area (Å²) in [5.41, 5.74) is 0. The average molecular weight is 200 g/mol. The van der Waals surface area contributed by atoms with Gasteiger partial charge in [-0.1, -0.05) is 12.8 Å². The molecule has 0 aliphatic carbocycles. The van der Waals surface area contributed by atoms with Crippen LogP contribution < -0.4 is 10.0 Å². The Labute approximate surface area is 103 Å². The van der Waals surface area contributed by atoms with Gasteiger partial charge in [-0.15, -0.1) is 0 Å². The van der Waals surface area contributed by atoms with Gasteiger partial charge in [-0.25, -0.2) is 0 Å². The molecule has 6 heteroatoms. The van der Waals surface area contributed by atoms with Crippen LogP contribution >= 0.6 is 0 Å². The Morgan fingerprint density at radius 2 is 1.67 bits per heavy atom. The van der Waals surface area contributed by atoms with Crippen molar-refractivity contribution in [2.45, 2.75) is 25.7 Å². The Kier molecular flexibility index (Phi) is 15.8. The van der Waals surface area contributed by atoms with Crippen molar-refractivity contribution < 1.29 is 19.8 Å². The number of unbranched alkanes of at least 4 members (excludes halogenated alkanes) is 3. The summed E-state index contributed by atoms with van der Waals surface area (Å²) < 4.78 is 4.25. The average Bonchev–Trinajstić information content (AvgIpc) is 1.96. The summed E-state index contributed by atoms with van der Waals surface area (Å²) in [5, 5.41) is 28.0. The second-order valence-electron chi connectivity index (χ2n) is 2.30. The minimum atomic E-state index is -2.15. The van der Waals surface area contributed by atoms with Crippen LogP contribution in [0.5, 0.6) is 0 Å². The van der Waals surface area contributed by atoms with Gasteiger partial charge in [-0.05, 0) is 12.8 Å². The molecule has 0 spiro atoms. The fraction of sp³-hybridized carbons (Fsp3) is 1.00. The third-order valence-electron chi connectivity index (χ3n) is 1.31. The molecule has 0 radical (unpaired) electrons. The minimum absolute atomic E-state index is 0. The SMILES string of the molecule is [Ca+2].[O-]B([O-])OCCCCCCO. The summed E-state index contributed by atoms with van der Waals surface area (Å²) in [5.74, 6) is 0. The zero-order chi connectivity index (χ0) is 8.53. The van der Waals surface area contributed by atoms with E-state index in [9.17, 15) is 10.0 Å². The van der Waals surface area contributed by atoms with Crippen molar-refractivity contribution >= 4 is 45.1 Å². The van der Waals surface area contributed by atoms with Gasteiger partial charge in [0.25, 0.3) is 0 Å². The molecule has 0 amide bonds. The first kappa shape index (κ1) is 15.6. The molecule has 0 aromatic rings. The van der Waals surface area contributed by atoms with E-state index in [2.05, 4.69) is 4.65 Å². The Balaban J connectivity index is 0.